The molecule has 1 fully saturated rings. The van der Waals surface area contributed by atoms with Crippen molar-refractivity contribution in [1.82, 2.24) is 15.1 Å². The van der Waals surface area contributed by atoms with Gasteiger partial charge >= 0.3 is 0 Å². The van der Waals surface area contributed by atoms with Crippen molar-refractivity contribution in [1.29, 1.82) is 0 Å². The van der Waals surface area contributed by atoms with Crippen LogP contribution in [0.25, 0.3) is 10.9 Å². The summed E-state index contributed by atoms with van der Waals surface area (Å²) in [5, 5.41) is 17.8. The molecule has 7 nitrogen and oxygen atoms in total. The fourth-order valence-electron chi connectivity index (χ4n) is 3.93. The zero-order valence-electron chi connectivity index (χ0n) is 16.9. The van der Waals surface area contributed by atoms with Crippen molar-refractivity contribution in [2.45, 2.75) is 44.4 Å². The van der Waals surface area contributed by atoms with Crippen LogP contribution in [0.1, 0.15) is 41.7 Å². The topological polar surface area (TPSA) is 93.5 Å². The van der Waals surface area contributed by atoms with Gasteiger partial charge in [0.1, 0.15) is 5.75 Å². The van der Waals surface area contributed by atoms with Crippen molar-refractivity contribution in [3.05, 3.63) is 70.0 Å². The Hall–Kier alpha value is -3.19. The van der Waals surface area contributed by atoms with Gasteiger partial charge in [-0.3, -0.25) is 14.3 Å². The van der Waals surface area contributed by atoms with Crippen LogP contribution in [0.4, 0.5) is 0 Å². The zero-order chi connectivity index (χ0) is 21.1. The Morgan fingerprint density at radius 1 is 1.17 bits per heavy atom. The van der Waals surface area contributed by atoms with Crippen molar-refractivity contribution >= 4 is 16.8 Å². The number of carbonyl (C=O) groups excluding carboxylic acids is 1. The molecule has 1 amide bonds. The second-order valence-electron chi connectivity index (χ2n) is 7.63. The summed E-state index contributed by atoms with van der Waals surface area (Å²) in [6.45, 7) is 0.400. The van der Waals surface area contributed by atoms with Crippen LogP contribution in [0, 0.1) is 0 Å². The molecule has 1 aliphatic carbocycles. The van der Waals surface area contributed by atoms with Gasteiger partial charge in [-0.15, -0.1) is 0 Å². The molecule has 0 aliphatic heterocycles. The molecule has 3 aromatic rings. The predicted octanol–water partition coefficient (Wildman–Crippen LogP) is 2.49. The Labute approximate surface area is 174 Å². The normalized spacial score (nSPS) is 18.9. The van der Waals surface area contributed by atoms with Gasteiger partial charge in [-0.1, -0.05) is 37.1 Å². The van der Waals surface area contributed by atoms with Crippen molar-refractivity contribution in [3.8, 4) is 5.75 Å². The molecule has 0 saturated heterocycles. The van der Waals surface area contributed by atoms with Gasteiger partial charge in [-0.2, -0.15) is 5.10 Å². The number of rotatable bonds is 5. The highest BCUT2D eigenvalue weighted by molar-refractivity contribution is 5.95. The second kappa shape index (κ2) is 8.67. The van der Waals surface area contributed by atoms with Gasteiger partial charge in [0.25, 0.3) is 5.91 Å². The van der Waals surface area contributed by atoms with E-state index >= 15 is 0 Å². The van der Waals surface area contributed by atoms with Gasteiger partial charge in [0.05, 0.1) is 31.3 Å². The summed E-state index contributed by atoms with van der Waals surface area (Å²) in [6, 6.07) is 14.3. The summed E-state index contributed by atoms with van der Waals surface area (Å²) in [6.07, 6.45) is 2.63. The fourth-order valence-corrected chi connectivity index (χ4v) is 3.93. The second-order valence-corrected chi connectivity index (χ2v) is 7.63. The molecular weight excluding hydrogens is 382 g/mol. The van der Waals surface area contributed by atoms with Gasteiger partial charge in [0.15, 0.2) is 5.69 Å². The van der Waals surface area contributed by atoms with Gasteiger partial charge in [0, 0.05) is 5.39 Å². The van der Waals surface area contributed by atoms with E-state index in [2.05, 4.69) is 10.4 Å². The number of fused-ring (bicyclic) bond motifs is 1. The van der Waals surface area contributed by atoms with Gasteiger partial charge < -0.3 is 15.2 Å². The van der Waals surface area contributed by atoms with E-state index in [1.165, 1.54) is 0 Å². The van der Waals surface area contributed by atoms with E-state index in [-0.39, 0.29) is 11.7 Å². The Kier molecular flexibility index (Phi) is 5.81. The van der Waals surface area contributed by atoms with Crippen molar-refractivity contribution in [2.75, 3.05) is 7.11 Å². The number of carbonyl (C=O) groups is 1. The highest BCUT2D eigenvalue weighted by atomic mass is 16.5. The predicted molar refractivity (Wildman–Crippen MR) is 114 cm³/mol. The van der Waals surface area contributed by atoms with Crippen LogP contribution in [-0.2, 0) is 6.54 Å². The summed E-state index contributed by atoms with van der Waals surface area (Å²) in [5.74, 6) is 0.211. The maximum Gasteiger partial charge on any atom is 0.276 e. The lowest BCUT2D eigenvalue weighted by atomic mass is 9.92. The van der Waals surface area contributed by atoms with Crippen LogP contribution in [0.15, 0.2) is 53.3 Å². The summed E-state index contributed by atoms with van der Waals surface area (Å²) in [7, 11) is 1.61. The number of nitrogens with zero attached hydrogens (tertiary/aromatic N) is 2. The van der Waals surface area contributed by atoms with Gasteiger partial charge in [-0.25, -0.2) is 0 Å². The van der Waals surface area contributed by atoms with E-state index in [1.807, 2.05) is 36.4 Å². The first kappa shape index (κ1) is 20.1. The molecule has 30 heavy (non-hydrogen) atoms. The summed E-state index contributed by atoms with van der Waals surface area (Å²) in [5.41, 5.74) is 1.07. The lowest BCUT2D eigenvalue weighted by Crippen LogP contribution is -2.46. The third-order valence-corrected chi connectivity index (χ3v) is 5.61. The first-order valence-corrected chi connectivity index (χ1v) is 10.2. The minimum absolute atomic E-state index is 0.153. The maximum atomic E-state index is 13.0. The quantitative estimate of drug-likeness (QED) is 0.678. The van der Waals surface area contributed by atoms with E-state index < -0.39 is 17.4 Å². The van der Waals surface area contributed by atoms with Crippen LogP contribution >= 0.6 is 0 Å². The van der Waals surface area contributed by atoms with E-state index in [1.54, 1.807) is 23.9 Å². The van der Waals surface area contributed by atoms with Crippen LogP contribution in [0.2, 0.25) is 0 Å². The first-order valence-electron chi connectivity index (χ1n) is 10.2. The van der Waals surface area contributed by atoms with E-state index in [0.29, 0.717) is 30.3 Å². The molecule has 1 aromatic heterocycles. The third kappa shape index (κ3) is 4.07. The number of hydrogen-bond donors (Lipinski definition) is 2. The number of ether oxygens (including phenoxy) is 1. The molecule has 2 N–H and O–H groups in total. The molecule has 1 aliphatic rings. The minimum atomic E-state index is -0.593. The number of aliphatic hydroxyl groups excluding tert-OH is 1. The molecule has 0 unspecified atom stereocenters. The van der Waals surface area contributed by atoms with Crippen LogP contribution in [-0.4, -0.2) is 40.0 Å². The fraction of sp³-hybridized carbons (Fsp3) is 0.348. The van der Waals surface area contributed by atoms with E-state index in [9.17, 15) is 14.7 Å². The van der Waals surface area contributed by atoms with Gasteiger partial charge in [-0.05, 0) is 42.7 Å². The van der Waals surface area contributed by atoms with Crippen molar-refractivity contribution < 1.29 is 14.6 Å². The monoisotopic (exact) mass is 407 g/mol. The maximum absolute atomic E-state index is 13.0. The molecule has 1 saturated carbocycles. The van der Waals surface area contributed by atoms with Crippen LogP contribution in [0.3, 0.4) is 0 Å². The number of para-hydroxylation sites is 1. The summed E-state index contributed by atoms with van der Waals surface area (Å²) in [4.78, 5) is 25.9. The molecular formula is C23H25N3O4. The molecule has 4 rings (SSSR count). The van der Waals surface area contributed by atoms with Crippen molar-refractivity contribution in [3.63, 3.8) is 0 Å². The molecule has 0 radical (unpaired) electrons. The molecule has 2 atom stereocenters. The molecule has 1 heterocycles. The number of aromatic nitrogens is 2. The highest BCUT2D eigenvalue weighted by Crippen LogP contribution is 2.19. The largest absolute Gasteiger partial charge is 0.497 e. The summed E-state index contributed by atoms with van der Waals surface area (Å²) >= 11 is 0. The number of aliphatic hydroxyl groups is 1. The Balaban J connectivity index is 1.70. The van der Waals surface area contributed by atoms with Crippen molar-refractivity contribution in [2.24, 2.45) is 0 Å². The average molecular weight is 407 g/mol. The zero-order valence-corrected chi connectivity index (χ0v) is 16.9. The number of benzene rings is 2. The summed E-state index contributed by atoms with van der Waals surface area (Å²) < 4.78 is 6.87. The Morgan fingerprint density at radius 3 is 2.63 bits per heavy atom. The Morgan fingerprint density at radius 2 is 1.90 bits per heavy atom. The smallest absolute Gasteiger partial charge is 0.276 e. The highest BCUT2D eigenvalue weighted by Gasteiger charge is 2.27. The molecule has 156 valence electrons. The van der Waals surface area contributed by atoms with Crippen LogP contribution in [0.5, 0.6) is 5.75 Å². The van der Waals surface area contributed by atoms with E-state index in [4.69, 9.17) is 4.74 Å². The number of methoxy groups -OCH3 is 1. The molecule has 2 aromatic carbocycles. The molecule has 7 heteroatoms. The van der Waals surface area contributed by atoms with E-state index in [0.717, 1.165) is 24.2 Å². The lowest BCUT2D eigenvalue weighted by Gasteiger charge is -2.28. The average Bonchev–Trinajstić information content (AvgIpc) is 2.77. The van der Waals surface area contributed by atoms with Gasteiger partial charge in [0.2, 0.25) is 5.43 Å². The molecule has 0 spiro atoms. The third-order valence-electron chi connectivity index (χ3n) is 5.61. The number of hydrogen-bond acceptors (Lipinski definition) is 5. The molecule has 0 bridgehead atoms. The SMILES string of the molecule is COc1ccc(Cn2nc(C(=O)N[C@H]3CCCC[C@@H]3O)c(=O)c3ccccc32)cc1. The Bertz CT molecular complexity index is 1110. The standard InChI is InChI=1S/C23H25N3O4/c1-30-16-12-10-15(11-13-16)14-26-19-8-4-2-6-17(19)22(28)21(25-26)23(29)24-18-7-3-5-9-20(18)27/h2,4,6,8,10-13,18,20,27H,3,5,7,9,14H2,1H3,(H,24,29)/t18-,20-/m0/s1. The number of amides is 1. The first-order chi connectivity index (χ1) is 14.6. The lowest BCUT2D eigenvalue weighted by molar-refractivity contribution is 0.0711. The number of nitrogens with one attached hydrogen (secondary N) is 1. The van der Waals surface area contributed by atoms with Crippen LogP contribution < -0.4 is 15.5 Å². The minimum Gasteiger partial charge on any atom is -0.497 e.